The summed E-state index contributed by atoms with van der Waals surface area (Å²) < 4.78 is 0. The first-order chi connectivity index (χ1) is 17.0. The molecule has 3 aromatic carbocycles. The Hall–Kier alpha value is -4.13. The number of benzene rings is 3. The summed E-state index contributed by atoms with van der Waals surface area (Å²) >= 11 is 0. The molecule has 7 heteroatoms. The Morgan fingerprint density at radius 3 is 2.23 bits per heavy atom. The number of nitrogens with one attached hydrogen (secondary N) is 3. The molecule has 0 spiro atoms. The van der Waals surface area contributed by atoms with Gasteiger partial charge in [-0.25, -0.2) is 0 Å². The van der Waals surface area contributed by atoms with E-state index >= 15 is 0 Å². The summed E-state index contributed by atoms with van der Waals surface area (Å²) in [6, 6.07) is 23.4. The van der Waals surface area contributed by atoms with E-state index in [0.717, 1.165) is 24.2 Å². The van der Waals surface area contributed by atoms with Crippen LogP contribution < -0.4 is 20.9 Å². The predicted octanol–water partition coefficient (Wildman–Crippen LogP) is 4.93. The molecule has 3 amide bonds. The van der Waals surface area contributed by atoms with Gasteiger partial charge in [-0.3, -0.25) is 14.4 Å². The van der Waals surface area contributed by atoms with Gasteiger partial charge in [0.1, 0.15) is 0 Å². The molecule has 0 radical (unpaired) electrons. The zero-order valence-electron chi connectivity index (χ0n) is 20.2. The van der Waals surface area contributed by atoms with Crippen molar-refractivity contribution >= 4 is 34.8 Å². The van der Waals surface area contributed by atoms with Gasteiger partial charge < -0.3 is 20.9 Å². The van der Waals surface area contributed by atoms with Crippen molar-refractivity contribution in [3.05, 3.63) is 90.0 Å². The Bertz CT molecular complexity index is 1130. The first-order valence-electron chi connectivity index (χ1n) is 11.9. The van der Waals surface area contributed by atoms with Crippen LogP contribution in [-0.2, 0) is 4.79 Å². The highest BCUT2D eigenvalue weighted by molar-refractivity contribution is 6.06. The van der Waals surface area contributed by atoms with Crippen molar-refractivity contribution in [1.82, 2.24) is 5.32 Å². The summed E-state index contributed by atoms with van der Waals surface area (Å²) in [5, 5.41) is 8.73. The number of hydrogen-bond donors (Lipinski definition) is 3. The highest BCUT2D eigenvalue weighted by Gasteiger charge is 2.16. The summed E-state index contributed by atoms with van der Waals surface area (Å²) in [7, 11) is 0. The lowest BCUT2D eigenvalue weighted by Gasteiger charge is -2.21. The highest BCUT2D eigenvalue weighted by Crippen LogP contribution is 2.18. The van der Waals surface area contributed by atoms with Gasteiger partial charge in [-0.2, -0.15) is 0 Å². The summed E-state index contributed by atoms with van der Waals surface area (Å²) in [6.45, 7) is 5.24. The molecule has 0 aromatic heterocycles. The van der Waals surface area contributed by atoms with Crippen molar-refractivity contribution in [3.63, 3.8) is 0 Å². The molecule has 0 aliphatic heterocycles. The molecule has 182 valence electrons. The fourth-order valence-corrected chi connectivity index (χ4v) is 3.54. The number of unbranched alkanes of at least 4 members (excludes halogenated alkanes) is 1. The number of carbonyl (C=O) groups is 3. The fourth-order valence-electron chi connectivity index (χ4n) is 3.54. The Morgan fingerprint density at radius 2 is 1.54 bits per heavy atom. The monoisotopic (exact) mass is 472 g/mol. The Balaban J connectivity index is 1.53. The second-order valence-corrected chi connectivity index (χ2v) is 8.05. The first kappa shape index (κ1) is 25.5. The average molecular weight is 473 g/mol. The molecule has 7 nitrogen and oxygen atoms in total. The fraction of sp³-hybridized carbons (Fsp3) is 0.250. The second kappa shape index (κ2) is 12.9. The van der Waals surface area contributed by atoms with Gasteiger partial charge in [-0.15, -0.1) is 0 Å². The molecule has 0 aliphatic carbocycles. The van der Waals surface area contributed by atoms with E-state index in [0.29, 0.717) is 29.9 Å². The zero-order valence-corrected chi connectivity index (χ0v) is 20.2. The van der Waals surface area contributed by atoms with Gasteiger partial charge in [-0.1, -0.05) is 37.6 Å². The van der Waals surface area contributed by atoms with Crippen LogP contribution in [0.15, 0.2) is 78.9 Å². The minimum absolute atomic E-state index is 0.0469. The molecule has 0 bridgehead atoms. The molecular formula is C28H32N4O3. The Morgan fingerprint density at radius 1 is 0.800 bits per heavy atom. The van der Waals surface area contributed by atoms with E-state index < -0.39 is 0 Å². The molecule has 3 rings (SSSR count). The normalized spacial score (nSPS) is 10.3. The van der Waals surface area contributed by atoms with E-state index in [1.54, 1.807) is 53.4 Å². The Labute approximate surface area is 206 Å². The van der Waals surface area contributed by atoms with E-state index in [2.05, 4.69) is 22.9 Å². The quantitative estimate of drug-likeness (QED) is 0.345. The smallest absolute Gasteiger partial charge is 0.258 e. The highest BCUT2D eigenvalue weighted by atomic mass is 16.2. The average Bonchev–Trinajstić information content (AvgIpc) is 2.89. The molecule has 3 aromatic rings. The van der Waals surface area contributed by atoms with E-state index in [4.69, 9.17) is 0 Å². The lowest BCUT2D eigenvalue weighted by atomic mass is 10.1. The van der Waals surface area contributed by atoms with Gasteiger partial charge in [0, 0.05) is 41.3 Å². The standard InChI is InChI=1S/C28H32N4O3/c1-3-5-18-29-27(34)22-10-9-11-24(19-22)31-26(33)20-30-23-16-14-21(15-17-23)28(35)32(4-2)25-12-7-6-8-13-25/h6-17,19,30H,3-5,18,20H2,1-2H3,(H,29,34)(H,31,33). The third-order valence-corrected chi connectivity index (χ3v) is 5.44. The minimum atomic E-state index is -0.241. The summed E-state index contributed by atoms with van der Waals surface area (Å²) in [5.74, 6) is -0.479. The van der Waals surface area contributed by atoms with Gasteiger partial charge in [0.2, 0.25) is 5.91 Å². The first-order valence-corrected chi connectivity index (χ1v) is 11.9. The number of amides is 3. The maximum Gasteiger partial charge on any atom is 0.258 e. The van der Waals surface area contributed by atoms with Crippen molar-refractivity contribution in [2.75, 3.05) is 35.2 Å². The van der Waals surface area contributed by atoms with Crippen LogP contribution in [0.1, 0.15) is 47.4 Å². The van der Waals surface area contributed by atoms with Gasteiger partial charge >= 0.3 is 0 Å². The van der Waals surface area contributed by atoms with E-state index in [-0.39, 0.29) is 24.3 Å². The maximum absolute atomic E-state index is 12.9. The number of anilines is 3. The summed E-state index contributed by atoms with van der Waals surface area (Å²) in [4.78, 5) is 39.3. The molecule has 35 heavy (non-hydrogen) atoms. The predicted molar refractivity (Wildman–Crippen MR) is 141 cm³/mol. The summed E-state index contributed by atoms with van der Waals surface area (Å²) in [6.07, 6.45) is 1.93. The number of rotatable bonds is 11. The zero-order chi connectivity index (χ0) is 25.0. The molecule has 0 aliphatic rings. The van der Waals surface area contributed by atoms with Gasteiger partial charge in [0.05, 0.1) is 6.54 Å². The van der Waals surface area contributed by atoms with Crippen LogP contribution in [0.2, 0.25) is 0 Å². The van der Waals surface area contributed by atoms with Crippen LogP contribution >= 0.6 is 0 Å². The van der Waals surface area contributed by atoms with E-state index in [1.807, 2.05) is 37.3 Å². The van der Waals surface area contributed by atoms with Crippen LogP contribution in [-0.4, -0.2) is 37.4 Å². The van der Waals surface area contributed by atoms with Crippen LogP contribution in [0.25, 0.3) is 0 Å². The van der Waals surface area contributed by atoms with Crippen molar-refractivity contribution in [2.45, 2.75) is 26.7 Å². The van der Waals surface area contributed by atoms with Gasteiger partial charge in [-0.05, 0) is 67.9 Å². The molecule has 0 unspecified atom stereocenters. The Kier molecular flexibility index (Phi) is 9.42. The third-order valence-electron chi connectivity index (χ3n) is 5.44. The van der Waals surface area contributed by atoms with Crippen LogP contribution in [0.3, 0.4) is 0 Å². The number of nitrogens with zero attached hydrogens (tertiary/aromatic N) is 1. The van der Waals surface area contributed by atoms with Crippen molar-refractivity contribution in [2.24, 2.45) is 0 Å². The lowest BCUT2D eigenvalue weighted by molar-refractivity contribution is -0.114. The minimum Gasteiger partial charge on any atom is -0.376 e. The molecular weight excluding hydrogens is 440 g/mol. The van der Waals surface area contributed by atoms with Gasteiger partial charge in [0.15, 0.2) is 0 Å². The van der Waals surface area contributed by atoms with E-state index in [9.17, 15) is 14.4 Å². The van der Waals surface area contributed by atoms with Crippen molar-refractivity contribution in [1.29, 1.82) is 0 Å². The number of para-hydroxylation sites is 1. The second-order valence-electron chi connectivity index (χ2n) is 8.05. The number of hydrogen-bond acceptors (Lipinski definition) is 4. The molecule has 0 atom stereocenters. The lowest BCUT2D eigenvalue weighted by Crippen LogP contribution is -2.30. The summed E-state index contributed by atoms with van der Waals surface area (Å²) in [5.41, 5.74) is 3.20. The molecule has 0 saturated heterocycles. The van der Waals surface area contributed by atoms with Crippen LogP contribution in [0, 0.1) is 0 Å². The SMILES string of the molecule is CCCCNC(=O)c1cccc(NC(=O)CNc2ccc(C(=O)N(CC)c3ccccc3)cc2)c1. The van der Waals surface area contributed by atoms with Gasteiger partial charge in [0.25, 0.3) is 11.8 Å². The van der Waals surface area contributed by atoms with E-state index in [1.165, 1.54) is 0 Å². The van der Waals surface area contributed by atoms with Crippen LogP contribution in [0.5, 0.6) is 0 Å². The third kappa shape index (κ3) is 7.43. The molecule has 0 saturated carbocycles. The largest absolute Gasteiger partial charge is 0.376 e. The van der Waals surface area contributed by atoms with Crippen molar-refractivity contribution in [3.8, 4) is 0 Å². The van der Waals surface area contributed by atoms with Crippen molar-refractivity contribution < 1.29 is 14.4 Å². The van der Waals surface area contributed by atoms with Crippen LogP contribution in [0.4, 0.5) is 17.1 Å². The topological polar surface area (TPSA) is 90.5 Å². The number of carbonyl (C=O) groups excluding carboxylic acids is 3. The molecule has 0 heterocycles. The molecule has 3 N–H and O–H groups in total. The maximum atomic E-state index is 12.9. The molecule has 0 fully saturated rings.